The van der Waals surface area contributed by atoms with Gasteiger partial charge >= 0.3 is 5.97 Å². The number of carbonyl (C=O) groups excluding carboxylic acids is 1. The number of aliphatic hydroxyl groups is 1. The van der Waals surface area contributed by atoms with Crippen LogP contribution in [0.3, 0.4) is 0 Å². The highest BCUT2D eigenvalue weighted by Gasteiger charge is 2.63. The number of cyclic esters (lactones) is 1. The number of aliphatic hydroxyl groups excluding tert-OH is 1. The zero-order valence-corrected chi connectivity index (χ0v) is 11.2. The van der Waals surface area contributed by atoms with Gasteiger partial charge in [-0.3, -0.25) is 4.79 Å². The Bertz CT molecular complexity index is 403. The SMILES string of the molecule is C=C1[C@@H]2C(=O)OC[C@H]3[C@@H]2[C@@H]([C@@H](C)CO)CC[C@@]13C. The van der Waals surface area contributed by atoms with Crippen molar-refractivity contribution >= 4 is 5.97 Å². The molecule has 1 aliphatic heterocycles. The van der Waals surface area contributed by atoms with Gasteiger partial charge in [-0.15, -0.1) is 0 Å². The van der Waals surface area contributed by atoms with Gasteiger partial charge < -0.3 is 9.84 Å². The third-order valence-electron chi connectivity index (χ3n) is 5.95. The Morgan fingerprint density at radius 3 is 3.00 bits per heavy atom. The van der Waals surface area contributed by atoms with Crippen LogP contribution in [-0.2, 0) is 9.53 Å². The van der Waals surface area contributed by atoms with Gasteiger partial charge in [0.2, 0.25) is 0 Å². The van der Waals surface area contributed by atoms with Crippen molar-refractivity contribution in [2.45, 2.75) is 26.7 Å². The molecule has 100 valence electrons. The summed E-state index contributed by atoms with van der Waals surface area (Å²) >= 11 is 0. The van der Waals surface area contributed by atoms with Crippen LogP contribution in [0, 0.1) is 35.0 Å². The minimum Gasteiger partial charge on any atom is -0.465 e. The summed E-state index contributed by atoms with van der Waals surface area (Å²) in [5.41, 5.74) is 1.17. The molecule has 3 aliphatic rings. The van der Waals surface area contributed by atoms with Crippen LogP contribution >= 0.6 is 0 Å². The van der Waals surface area contributed by atoms with Crippen molar-refractivity contribution in [1.29, 1.82) is 0 Å². The molecule has 0 amide bonds. The lowest BCUT2D eigenvalue weighted by atomic mass is 9.61. The highest BCUT2D eigenvalue weighted by Crippen LogP contribution is 2.65. The molecule has 18 heavy (non-hydrogen) atoms. The number of esters is 1. The molecule has 3 rings (SSSR count). The van der Waals surface area contributed by atoms with Crippen molar-refractivity contribution in [2.75, 3.05) is 13.2 Å². The van der Waals surface area contributed by atoms with Gasteiger partial charge in [0.25, 0.3) is 0 Å². The molecule has 3 fully saturated rings. The third kappa shape index (κ3) is 1.31. The normalized spacial score (nSPS) is 47.9. The van der Waals surface area contributed by atoms with E-state index in [9.17, 15) is 9.90 Å². The summed E-state index contributed by atoms with van der Waals surface area (Å²) in [6.45, 7) is 9.31. The Kier molecular flexibility index (Phi) is 2.60. The Morgan fingerprint density at radius 1 is 1.61 bits per heavy atom. The van der Waals surface area contributed by atoms with Gasteiger partial charge in [-0.2, -0.15) is 0 Å². The molecular weight excluding hydrogens is 228 g/mol. The summed E-state index contributed by atoms with van der Waals surface area (Å²) in [5, 5.41) is 9.43. The van der Waals surface area contributed by atoms with Crippen molar-refractivity contribution in [3.63, 3.8) is 0 Å². The Labute approximate surface area is 108 Å². The topological polar surface area (TPSA) is 46.5 Å². The summed E-state index contributed by atoms with van der Waals surface area (Å²) in [5.74, 6) is 1.27. The average molecular weight is 250 g/mol. The van der Waals surface area contributed by atoms with Crippen LogP contribution in [0.1, 0.15) is 26.7 Å². The van der Waals surface area contributed by atoms with Gasteiger partial charge in [0.05, 0.1) is 12.5 Å². The second-order valence-corrected chi connectivity index (χ2v) is 6.60. The first kappa shape index (κ1) is 12.2. The summed E-state index contributed by atoms with van der Waals surface area (Å²) in [6.07, 6.45) is 2.18. The van der Waals surface area contributed by atoms with E-state index in [1.807, 2.05) is 0 Å². The van der Waals surface area contributed by atoms with E-state index in [4.69, 9.17) is 4.74 Å². The van der Waals surface area contributed by atoms with E-state index in [1.165, 1.54) is 0 Å². The maximum atomic E-state index is 12.1. The fourth-order valence-corrected chi connectivity index (χ4v) is 4.69. The molecule has 0 radical (unpaired) electrons. The van der Waals surface area contributed by atoms with Crippen molar-refractivity contribution in [3.05, 3.63) is 12.2 Å². The Morgan fingerprint density at radius 2 is 2.33 bits per heavy atom. The predicted octanol–water partition coefficient (Wildman–Crippen LogP) is 2.01. The fourth-order valence-electron chi connectivity index (χ4n) is 4.69. The second kappa shape index (κ2) is 3.83. The molecule has 2 aliphatic carbocycles. The third-order valence-corrected chi connectivity index (χ3v) is 5.95. The molecule has 1 saturated heterocycles. The molecule has 2 saturated carbocycles. The van der Waals surface area contributed by atoms with Crippen molar-refractivity contribution < 1.29 is 14.6 Å². The first-order valence-corrected chi connectivity index (χ1v) is 6.97. The molecule has 6 atom stereocenters. The quantitative estimate of drug-likeness (QED) is 0.602. The first-order chi connectivity index (χ1) is 8.50. The molecule has 3 nitrogen and oxygen atoms in total. The lowest BCUT2D eigenvalue weighted by Gasteiger charge is -2.45. The van der Waals surface area contributed by atoms with Gasteiger partial charge in [0.15, 0.2) is 0 Å². The summed E-state index contributed by atoms with van der Waals surface area (Å²) in [6, 6.07) is 0. The smallest absolute Gasteiger partial charge is 0.313 e. The Hall–Kier alpha value is -0.830. The highest BCUT2D eigenvalue weighted by atomic mass is 16.5. The standard InChI is InChI=1S/C15H22O3/c1-8(6-16)10-4-5-15(3)9(2)12-13(10)11(15)7-18-14(12)17/h8,10-13,16H,2,4-7H2,1,3H3/t8-,10+,11-,12-,13-,15-/m0/s1. The lowest BCUT2D eigenvalue weighted by Crippen LogP contribution is -2.45. The van der Waals surface area contributed by atoms with E-state index in [2.05, 4.69) is 20.4 Å². The summed E-state index contributed by atoms with van der Waals surface area (Å²) in [7, 11) is 0. The number of rotatable bonds is 2. The van der Waals surface area contributed by atoms with E-state index in [1.54, 1.807) is 0 Å². The fraction of sp³-hybridized carbons (Fsp3) is 0.800. The number of ether oxygens (including phenoxy) is 1. The van der Waals surface area contributed by atoms with Crippen LogP contribution in [0.5, 0.6) is 0 Å². The van der Waals surface area contributed by atoms with E-state index in [0.717, 1.165) is 18.4 Å². The van der Waals surface area contributed by atoms with Crippen LogP contribution < -0.4 is 0 Å². The van der Waals surface area contributed by atoms with Crippen LogP contribution in [0.2, 0.25) is 0 Å². The molecular formula is C15H22O3. The van der Waals surface area contributed by atoms with Crippen LogP contribution in [0.4, 0.5) is 0 Å². The zero-order chi connectivity index (χ0) is 13.1. The molecule has 1 heterocycles. The monoisotopic (exact) mass is 250 g/mol. The molecule has 0 aromatic carbocycles. The number of carbonyl (C=O) groups is 1. The second-order valence-electron chi connectivity index (χ2n) is 6.60. The van der Waals surface area contributed by atoms with Gasteiger partial charge in [0, 0.05) is 12.5 Å². The number of hydrogen-bond acceptors (Lipinski definition) is 3. The molecule has 0 aromatic heterocycles. The molecule has 4 bridgehead atoms. The predicted molar refractivity (Wildman–Crippen MR) is 67.6 cm³/mol. The van der Waals surface area contributed by atoms with Crippen LogP contribution in [0.15, 0.2) is 12.2 Å². The maximum absolute atomic E-state index is 12.1. The van der Waals surface area contributed by atoms with Crippen LogP contribution in [0.25, 0.3) is 0 Å². The molecule has 0 unspecified atom stereocenters. The molecule has 1 N–H and O–H groups in total. The summed E-state index contributed by atoms with van der Waals surface area (Å²) in [4.78, 5) is 12.1. The molecule has 0 aromatic rings. The van der Waals surface area contributed by atoms with Gasteiger partial charge in [0.1, 0.15) is 0 Å². The minimum atomic E-state index is -0.116. The van der Waals surface area contributed by atoms with Crippen LogP contribution in [-0.4, -0.2) is 24.3 Å². The van der Waals surface area contributed by atoms with E-state index < -0.39 is 0 Å². The maximum Gasteiger partial charge on any atom is 0.313 e. The largest absolute Gasteiger partial charge is 0.465 e. The minimum absolute atomic E-state index is 0.0766. The number of hydrogen-bond donors (Lipinski definition) is 1. The first-order valence-electron chi connectivity index (χ1n) is 6.97. The summed E-state index contributed by atoms with van der Waals surface area (Å²) < 4.78 is 5.34. The van der Waals surface area contributed by atoms with Gasteiger partial charge in [-0.25, -0.2) is 0 Å². The van der Waals surface area contributed by atoms with Gasteiger partial charge in [-0.05, 0) is 36.0 Å². The van der Waals surface area contributed by atoms with Crippen molar-refractivity contribution in [1.82, 2.24) is 0 Å². The van der Waals surface area contributed by atoms with E-state index >= 15 is 0 Å². The average Bonchev–Trinajstić information content (AvgIpc) is 2.45. The highest BCUT2D eigenvalue weighted by molar-refractivity contribution is 5.79. The van der Waals surface area contributed by atoms with Crippen molar-refractivity contribution in [3.8, 4) is 0 Å². The molecule has 0 spiro atoms. The van der Waals surface area contributed by atoms with E-state index in [-0.39, 0.29) is 29.8 Å². The Balaban J connectivity index is 2.02. The van der Waals surface area contributed by atoms with E-state index in [0.29, 0.717) is 24.4 Å². The lowest BCUT2D eigenvalue weighted by molar-refractivity contribution is -0.162. The zero-order valence-electron chi connectivity index (χ0n) is 11.2. The molecule has 3 heteroatoms. The van der Waals surface area contributed by atoms with Crippen molar-refractivity contribution in [2.24, 2.45) is 35.0 Å². The van der Waals surface area contributed by atoms with Gasteiger partial charge in [-0.1, -0.05) is 26.0 Å².